The summed E-state index contributed by atoms with van der Waals surface area (Å²) in [4.78, 5) is 4.18. The van der Waals surface area contributed by atoms with E-state index in [-0.39, 0.29) is 12.6 Å². The second kappa shape index (κ2) is 8.72. The van der Waals surface area contributed by atoms with Gasteiger partial charge in [0, 0.05) is 20.3 Å². The molecular weight excluding hydrogens is 230 g/mol. The minimum Gasteiger partial charge on any atom is -0.396 e. The number of aliphatic hydroxyl groups is 1. The predicted molar refractivity (Wildman–Crippen MR) is 74.0 cm³/mol. The SMILES string of the molecule is CCCNc1cncc(NC(CCO)COC)c1. The molecule has 1 aromatic heterocycles. The van der Waals surface area contributed by atoms with Crippen LogP contribution in [0.15, 0.2) is 18.5 Å². The molecule has 3 N–H and O–H groups in total. The summed E-state index contributed by atoms with van der Waals surface area (Å²) >= 11 is 0. The second-order valence-electron chi connectivity index (χ2n) is 4.20. The van der Waals surface area contributed by atoms with E-state index in [1.165, 1.54) is 0 Å². The van der Waals surface area contributed by atoms with E-state index >= 15 is 0 Å². The molecule has 102 valence electrons. The van der Waals surface area contributed by atoms with Crippen molar-refractivity contribution < 1.29 is 9.84 Å². The molecule has 0 saturated carbocycles. The van der Waals surface area contributed by atoms with Crippen LogP contribution in [-0.2, 0) is 4.74 Å². The Balaban J connectivity index is 2.58. The summed E-state index contributed by atoms with van der Waals surface area (Å²) in [6.45, 7) is 3.76. The third-order valence-electron chi connectivity index (χ3n) is 2.53. The summed E-state index contributed by atoms with van der Waals surface area (Å²) in [5.74, 6) is 0. The maximum Gasteiger partial charge on any atom is 0.0664 e. The van der Waals surface area contributed by atoms with Crippen molar-refractivity contribution in [3.05, 3.63) is 18.5 Å². The highest BCUT2D eigenvalue weighted by Gasteiger charge is 2.08. The van der Waals surface area contributed by atoms with Crippen LogP contribution in [0.25, 0.3) is 0 Å². The molecule has 0 aliphatic heterocycles. The summed E-state index contributed by atoms with van der Waals surface area (Å²) < 4.78 is 5.11. The fraction of sp³-hybridized carbons (Fsp3) is 0.615. The van der Waals surface area contributed by atoms with Crippen LogP contribution in [0.5, 0.6) is 0 Å². The van der Waals surface area contributed by atoms with Crippen LogP contribution in [-0.4, -0.2) is 43.0 Å². The number of aromatic nitrogens is 1. The molecule has 0 spiro atoms. The van der Waals surface area contributed by atoms with Gasteiger partial charge in [-0.2, -0.15) is 0 Å². The predicted octanol–water partition coefficient (Wildman–Crippen LogP) is 1.71. The molecule has 0 bridgehead atoms. The fourth-order valence-corrected chi connectivity index (χ4v) is 1.67. The quantitative estimate of drug-likeness (QED) is 0.625. The van der Waals surface area contributed by atoms with Crippen molar-refractivity contribution in [2.45, 2.75) is 25.8 Å². The lowest BCUT2D eigenvalue weighted by Gasteiger charge is -2.18. The lowest BCUT2D eigenvalue weighted by molar-refractivity contribution is 0.170. The summed E-state index contributed by atoms with van der Waals surface area (Å²) in [5, 5.41) is 15.6. The monoisotopic (exact) mass is 253 g/mol. The Morgan fingerprint density at radius 2 is 2.17 bits per heavy atom. The molecule has 0 saturated heterocycles. The van der Waals surface area contributed by atoms with Gasteiger partial charge in [0.1, 0.15) is 0 Å². The van der Waals surface area contributed by atoms with Crippen LogP contribution >= 0.6 is 0 Å². The van der Waals surface area contributed by atoms with Gasteiger partial charge < -0.3 is 20.5 Å². The standard InChI is InChI=1S/C13H23N3O2/c1-3-5-15-12-7-13(9-14-8-12)16-11(4-6-17)10-18-2/h7-9,11,15-17H,3-6,10H2,1-2H3. The van der Waals surface area contributed by atoms with Crippen LogP contribution in [0.2, 0.25) is 0 Å². The van der Waals surface area contributed by atoms with E-state index in [0.29, 0.717) is 13.0 Å². The van der Waals surface area contributed by atoms with Crippen LogP contribution in [0.3, 0.4) is 0 Å². The average molecular weight is 253 g/mol. The topological polar surface area (TPSA) is 66.4 Å². The highest BCUT2D eigenvalue weighted by molar-refractivity contribution is 5.54. The van der Waals surface area contributed by atoms with Gasteiger partial charge in [0.2, 0.25) is 0 Å². The van der Waals surface area contributed by atoms with Gasteiger partial charge in [-0.1, -0.05) is 6.92 Å². The molecule has 18 heavy (non-hydrogen) atoms. The van der Waals surface area contributed by atoms with Crippen molar-refractivity contribution in [3.63, 3.8) is 0 Å². The summed E-state index contributed by atoms with van der Waals surface area (Å²) in [7, 11) is 1.66. The molecule has 0 aromatic carbocycles. The summed E-state index contributed by atoms with van der Waals surface area (Å²) in [6.07, 6.45) is 5.31. The lowest BCUT2D eigenvalue weighted by atomic mass is 10.2. The first-order valence-corrected chi connectivity index (χ1v) is 6.35. The van der Waals surface area contributed by atoms with Crippen LogP contribution in [0.4, 0.5) is 11.4 Å². The largest absolute Gasteiger partial charge is 0.396 e. The van der Waals surface area contributed by atoms with Crippen molar-refractivity contribution in [2.75, 3.05) is 37.5 Å². The minimum absolute atomic E-state index is 0.100. The number of hydrogen-bond donors (Lipinski definition) is 3. The van der Waals surface area contributed by atoms with E-state index in [9.17, 15) is 0 Å². The maximum atomic E-state index is 8.99. The molecule has 1 aromatic rings. The number of anilines is 2. The molecule has 0 amide bonds. The molecule has 1 atom stereocenters. The van der Waals surface area contributed by atoms with Gasteiger partial charge in [0.05, 0.1) is 36.4 Å². The van der Waals surface area contributed by atoms with Crippen LogP contribution < -0.4 is 10.6 Å². The highest BCUT2D eigenvalue weighted by atomic mass is 16.5. The molecule has 0 radical (unpaired) electrons. The molecule has 1 unspecified atom stereocenters. The van der Waals surface area contributed by atoms with Crippen LogP contribution in [0, 0.1) is 0 Å². The second-order valence-corrected chi connectivity index (χ2v) is 4.20. The zero-order chi connectivity index (χ0) is 13.2. The van der Waals surface area contributed by atoms with E-state index in [1.807, 2.05) is 6.07 Å². The van der Waals surface area contributed by atoms with Gasteiger partial charge in [-0.3, -0.25) is 4.98 Å². The zero-order valence-corrected chi connectivity index (χ0v) is 11.1. The van der Waals surface area contributed by atoms with Crippen LogP contribution in [0.1, 0.15) is 19.8 Å². The van der Waals surface area contributed by atoms with E-state index in [4.69, 9.17) is 9.84 Å². The number of nitrogens with zero attached hydrogens (tertiary/aromatic N) is 1. The molecule has 5 heteroatoms. The smallest absolute Gasteiger partial charge is 0.0664 e. The fourth-order valence-electron chi connectivity index (χ4n) is 1.67. The van der Waals surface area contributed by atoms with Crippen molar-refractivity contribution in [1.82, 2.24) is 4.98 Å². The number of ether oxygens (including phenoxy) is 1. The number of pyridine rings is 1. The first-order valence-electron chi connectivity index (χ1n) is 6.35. The molecule has 0 fully saturated rings. The Morgan fingerprint density at radius 1 is 1.39 bits per heavy atom. The van der Waals surface area contributed by atoms with Gasteiger partial charge in [-0.25, -0.2) is 0 Å². The minimum atomic E-state index is 0.100. The molecule has 0 aliphatic carbocycles. The maximum absolute atomic E-state index is 8.99. The third-order valence-corrected chi connectivity index (χ3v) is 2.53. The van der Waals surface area contributed by atoms with Gasteiger partial charge in [0.15, 0.2) is 0 Å². The molecule has 1 rings (SSSR count). The van der Waals surface area contributed by atoms with Crippen molar-refractivity contribution in [1.29, 1.82) is 0 Å². The first-order chi connectivity index (χ1) is 8.80. The number of hydrogen-bond acceptors (Lipinski definition) is 5. The Labute approximate surface area is 109 Å². The van der Waals surface area contributed by atoms with Crippen molar-refractivity contribution in [3.8, 4) is 0 Å². The molecule has 0 aliphatic rings. The summed E-state index contributed by atoms with van der Waals surface area (Å²) in [6, 6.07) is 2.12. The van der Waals surface area contributed by atoms with Gasteiger partial charge in [-0.15, -0.1) is 0 Å². The van der Waals surface area contributed by atoms with E-state index < -0.39 is 0 Å². The number of aliphatic hydroxyl groups excluding tert-OH is 1. The number of nitrogens with one attached hydrogen (secondary N) is 2. The normalized spacial score (nSPS) is 12.2. The van der Waals surface area contributed by atoms with Crippen molar-refractivity contribution >= 4 is 11.4 Å². The first kappa shape index (κ1) is 14.7. The molecule has 5 nitrogen and oxygen atoms in total. The van der Waals surface area contributed by atoms with Gasteiger partial charge in [0.25, 0.3) is 0 Å². The van der Waals surface area contributed by atoms with E-state index in [0.717, 1.165) is 24.3 Å². The Hall–Kier alpha value is -1.33. The van der Waals surface area contributed by atoms with E-state index in [2.05, 4.69) is 22.5 Å². The summed E-state index contributed by atoms with van der Waals surface area (Å²) in [5.41, 5.74) is 1.94. The third kappa shape index (κ3) is 5.33. The Kier molecular flexibility index (Phi) is 7.13. The lowest BCUT2D eigenvalue weighted by Crippen LogP contribution is -2.26. The van der Waals surface area contributed by atoms with Gasteiger partial charge >= 0.3 is 0 Å². The average Bonchev–Trinajstić information content (AvgIpc) is 2.37. The molecule has 1 heterocycles. The molecular formula is C13H23N3O2. The Bertz CT molecular complexity index is 328. The van der Waals surface area contributed by atoms with Gasteiger partial charge in [-0.05, 0) is 18.9 Å². The zero-order valence-electron chi connectivity index (χ0n) is 11.1. The number of rotatable bonds is 9. The highest BCUT2D eigenvalue weighted by Crippen LogP contribution is 2.14. The van der Waals surface area contributed by atoms with E-state index in [1.54, 1.807) is 19.5 Å². The number of methoxy groups -OCH3 is 1. The Morgan fingerprint density at radius 3 is 2.83 bits per heavy atom. The van der Waals surface area contributed by atoms with Crippen molar-refractivity contribution in [2.24, 2.45) is 0 Å².